The molecule has 0 bridgehead atoms. The van der Waals surface area contributed by atoms with Crippen LogP contribution in [0.5, 0.6) is 0 Å². The molecule has 0 aromatic carbocycles. The molecule has 4 N–H and O–H groups in total. The molecule has 0 aromatic rings. The fraction of sp³-hybridized carbons (Fsp3) is 1.00. The Morgan fingerprint density at radius 2 is 1.00 bits per heavy atom. The Kier molecular flexibility index (Phi) is 15.2. The lowest BCUT2D eigenvalue weighted by Gasteiger charge is -2.21. The van der Waals surface area contributed by atoms with Crippen LogP contribution >= 0.6 is 15.6 Å². The van der Waals surface area contributed by atoms with Crippen molar-refractivity contribution in [2.24, 2.45) is 0 Å². The van der Waals surface area contributed by atoms with Crippen LogP contribution < -0.4 is 0 Å². The summed E-state index contributed by atoms with van der Waals surface area (Å²) in [5.74, 6) is 0. The maximum absolute atomic E-state index is 9.63. The number of phosphoric acid groups is 2. The molecule has 0 radical (unpaired) electrons. The van der Waals surface area contributed by atoms with E-state index in [1.54, 1.807) is 0 Å². The van der Waals surface area contributed by atoms with Crippen LogP contribution in [0.4, 0.5) is 0 Å². The van der Waals surface area contributed by atoms with Gasteiger partial charge in [0.05, 0.1) is 0 Å². The molecule has 0 fully saturated rings. The third-order valence-electron chi connectivity index (χ3n) is 2.70. The van der Waals surface area contributed by atoms with Crippen LogP contribution in [0.15, 0.2) is 0 Å². The van der Waals surface area contributed by atoms with Crippen molar-refractivity contribution in [3.8, 4) is 0 Å². The first-order chi connectivity index (χ1) is 10.1. The molecule has 0 rings (SSSR count). The number of hydrogen-bond donors (Lipinski definition) is 4. The van der Waals surface area contributed by atoms with Crippen LogP contribution in [-0.4, -0.2) is 44.1 Å². The van der Waals surface area contributed by atoms with Gasteiger partial charge >= 0.3 is 15.6 Å². The van der Waals surface area contributed by atoms with E-state index in [9.17, 15) is 9.13 Å². The van der Waals surface area contributed by atoms with Crippen LogP contribution in [-0.2, 0) is 13.4 Å². The van der Waals surface area contributed by atoms with Crippen molar-refractivity contribution in [1.82, 2.24) is 4.90 Å². The van der Waals surface area contributed by atoms with Crippen molar-refractivity contribution in [2.45, 2.75) is 59.3 Å². The molecule has 0 saturated heterocycles. The molecular weight excluding hydrogens is 332 g/mol. The Balaban J connectivity index is 0. The molecule has 8 nitrogen and oxygen atoms in total. The monoisotopic (exact) mass is 363 g/mol. The Bertz CT molecular complexity index is 303. The van der Waals surface area contributed by atoms with Gasteiger partial charge in [-0.15, -0.1) is 0 Å². The van der Waals surface area contributed by atoms with E-state index in [1.165, 1.54) is 58.2 Å². The number of rotatable bonds is 11. The maximum atomic E-state index is 9.63. The molecule has 22 heavy (non-hydrogen) atoms. The van der Waals surface area contributed by atoms with Gasteiger partial charge < -0.3 is 24.5 Å². The van der Waals surface area contributed by atoms with Gasteiger partial charge in [-0.1, -0.05) is 40.0 Å². The van der Waals surface area contributed by atoms with Gasteiger partial charge in [-0.3, -0.25) is 0 Å². The average Bonchev–Trinajstić information content (AvgIpc) is 2.34. The van der Waals surface area contributed by atoms with Crippen LogP contribution in [0.2, 0.25) is 0 Å². The molecule has 0 spiro atoms. The highest BCUT2D eigenvalue weighted by Gasteiger charge is 2.27. The van der Waals surface area contributed by atoms with Crippen LogP contribution in [0.25, 0.3) is 0 Å². The Hall–Kier alpha value is 0.220. The van der Waals surface area contributed by atoms with Crippen molar-refractivity contribution in [1.29, 1.82) is 0 Å². The van der Waals surface area contributed by atoms with Gasteiger partial charge in [0.2, 0.25) is 0 Å². The molecule has 10 heteroatoms. The van der Waals surface area contributed by atoms with Gasteiger partial charge in [0.25, 0.3) is 0 Å². The molecule has 0 aliphatic carbocycles. The van der Waals surface area contributed by atoms with E-state index in [-0.39, 0.29) is 0 Å². The molecule has 0 unspecified atom stereocenters. The second-order valence-corrected chi connectivity index (χ2v) is 7.58. The molecule has 0 heterocycles. The molecule has 136 valence electrons. The summed E-state index contributed by atoms with van der Waals surface area (Å²) >= 11 is 0. The molecule has 0 aliphatic heterocycles. The standard InChI is InChI=1S/C12H27N.H4O7P2/c1-4-7-10-13(11-8-5-2)12-9-6-3;1-8(2,3)7-9(4,5)6/h4-12H2,1-3H3;(H2,1,2,3)(H2,4,5,6). The van der Waals surface area contributed by atoms with Gasteiger partial charge in [-0.25, -0.2) is 9.13 Å². The van der Waals surface area contributed by atoms with E-state index in [4.69, 9.17) is 19.6 Å². The highest BCUT2D eigenvalue weighted by Crippen LogP contribution is 2.53. The summed E-state index contributed by atoms with van der Waals surface area (Å²) in [6.45, 7) is 10.8. The van der Waals surface area contributed by atoms with E-state index < -0.39 is 15.6 Å². The summed E-state index contributed by atoms with van der Waals surface area (Å²) in [7, 11) is -10.1. The highest BCUT2D eigenvalue weighted by atomic mass is 31.3. The Morgan fingerprint density at radius 3 is 1.14 bits per heavy atom. The topological polar surface area (TPSA) is 128 Å². The number of hydrogen-bond acceptors (Lipinski definition) is 4. The largest absolute Gasteiger partial charge is 0.478 e. The van der Waals surface area contributed by atoms with Crippen LogP contribution in [0, 0.1) is 0 Å². The van der Waals surface area contributed by atoms with E-state index in [0.29, 0.717) is 0 Å². The van der Waals surface area contributed by atoms with E-state index in [2.05, 4.69) is 30.0 Å². The van der Waals surface area contributed by atoms with Crippen LogP contribution in [0.3, 0.4) is 0 Å². The quantitative estimate of drug-likeness (QED) is 0.413. The normalized spacial score (nSPS) is 12.2. The summed E-state index contributed by atoms with van der Waals surface area (Å²) in [5.41, 5.74) is 0. The molecule has 0 atom stereocenters. The zero-order valence-electron chi connectivity index (χ0n) is 13.7. The summed E-state index contributed by atoms with van der Waals surface area (Å²) in [4.78, 5) is 33.6. The van der Waals surface area contributed by atoms with Gasteiger partial charge in [-0.2, -0.15) is 4.31 Å². The van der Waals surface area contributed by atoms with E-state index in [0.717, 1.165) is 0 Å². The van der Waals surface area contributed by atoms with Gasteiger partial charge in [-0.05, 0) is 38.9 Å². The Morgan fingerprint density at radius 1 is 0.727 bits per heavy atom. The fourth-order valence-electron chi connectivity index (χ4n) is 1.62. The molecular formula is C12H31NO7P2. The summed E-state index contributed by atoms with van der Waals surface area (Å²) in [6.07, 6.45) is 8.09. The smallest absolute Gasteiger partial charge is 0.303 e. The number of nitrogens with zero attached hydrogens (tertiary/aromatic N) is 1. The minimum Gasteiger partial charge on any atom is -0.303 e. The third kappa shape index (κ3) is 22.5. The number of unbranched alkanes of at least 4 members (excludes halogenated alkanes) is 3. The van der Waals surface area contributed by atoms with Gasteiger partial charge in [0.15, 0.2) is 0 Å². The van der Waals surface area contributed by atoms with Gasteiger partial charge in [0, 0.05) is 0 Å². The second kappa shape index (κ2) is 13.6. The maximum Gasteiger partial charge on any atom is 0.478 e. The average molecular weight is 363 g/mol. The van der Waals surface area contributed by atoms with Crippen molar-refractivity contribution in [3.05, 3.63) is 0 Å². The predicted octanol–water partition coefficient (Wildman–Crippen LogP) is 2.88. The lowest BCUT2D eigenvalue weighted by molar-refractivity contribution is 0.225. The van der Waals surface area contributed by atoms with E-state index >= 15 is 0 Å². The molecule has 0 aliphatic rings. The summed E-state index contributed by atoms with van der Waals surface area (Å²) in [6, 6.07) is 0. The summed E-state index contributed by atoms with van der Waals surface area (Å²) < 4.78 is 22.2. The molecule has 0 aromatic heterocycles. The van der Waals surface area contributed by atoms with E-state index in [1.807, 2.05) is 0 Å². The third-order valence-corrected chi connectivity index (χ3v) is 4.40. The van der Waals surface area contributed by atoms with Crippen molar-refractivity contribution in [2.75, 3.05) is 19.6 Å². The highest BCUT2D eigenvalue weighted by molar-refractivity contribution is 7.60. The fourth-order valence-corrected chi connectivity index (χ4v) is 2.73. The van der Waals surface area contributed by atoms with Crippen molar-refractivity contribution in [3.63, 3.8) is 0 Å². The van der Waals surface area contributed by atoms with Crippen molar-refractivity contribution < 1.29 is 33.0 Å². The lowest BCUT2D eigenvalue weighted by Crippen LogP contribution is -2.27. The van der Waals surface area contributed by atoms with Crippen LogP contribution in [0.1, 0.15) is 59.3 Å². The minimum absolute atomic E-state index is 1.32. The first-order valence-electron chi connectivity index (χ1n) is 7.60. The predicted molar refractivity (Wildman–Crippen MR) is 86.3 cm³/mol. The molecule has 0 saturated carbocycles. The SMILES string of the molecule is CCCCN(CCCC)CCCC.O=P(O)(O)OP(=O)(O)O. The first-order valence-corrected chi connectivity index (χ1v) is 10.7. The second-order valence-electron chi connectivity index (χ2n) is 4.97. The lowest BCUT2D eigenvalue weighted by atomic mass is 10.2. The molecule has 0 amide bonds. The zero-order valence-corrected chi connectivity index (χ0v) is 15.5. The zero-order chi connectivity index (χ0) is 17.6. The Labute approximate surface area is 133 Å². The minimum atomic E-state index is -5.05. The van der Waals surface area contributed by atoms with Crippen molar-refractivity contribution >= 4 is 15.6 Å². The van der Waals surface area contributed by atoms with Gasteiger partial charge in [0.1, 0.15) is 0 Å². The first kappa shape index (κ1) is 24.5. The summed E-state index contributed by atoms with van der Waals surface area (Å²) in [5, 5.41) is 0.